The second-order valence-electron chi connectivity index (χ2n) is 2.74. The van der Waals surface area contributed by atoms with Gasteiger partial charge in [0.15, 0.2) is 11.6 Å². The van der Waals surface area contributed by atoms with Crippen LogP contribution in [0.4, 0.5) is 14.5 Å². The van der Waals surface area contributed by atoms with Crippen LogP contribution in [0.2, 0.25) is 0 Å². The molecule has 0 spiro atoms. The molecule has 0 saturated carbocycles. The molecule has 1 aromatic carbocycles. The predicted molar refractivity (Wildman–Crippen MR) is 44.9 cm³/mol. The molecule has 0 amide bonds. The third-order valence-electron chi connectivity index (χ3n) is 1.91. The van der Waals surface area contributed by atoms with Gasteiger partial charge in [0, 0.05) is 0 Å². The van der Waals surface area contributed by atoms with E-state index in [0.29, 0.717) is 17.5 Å². The van der Waals surface area contributed by atoms with Gasteiger partial charge in [-0.1, -0.05) is 6.92 Å². The summed E-state index contributed by atoms with van der Waals surface area (Å²) in [5.74, 6) is -1.74. The van der Waals surface area contributed by atoms with Crippen LogP contribution in [0.5, 0.6) is 0 Å². The SMILES string of the molecule is CCc1c(C)cc(N)c(F)c1F. The average Bonchev–Trinajstić information content (AvgIpc) is 2.01. The maximum absolute atomic E-state index is 13.1. The molecule has 0 unspecified atom stereocenters. The van der Waals surface area contributed by atoms with Crippen LogP contribution in [0.25, 0.3) is 0 Å². The van der Waals surface area contributed by atoms with Crippen LogP contribution in [0.15, 0.2) is 6.07 Å². The summed E-state index contributed by atoms with van der Waals surface area (Å²) in [7, 11) is 0. The van der Waals surface area contributed by atoms with Crippen LogP contribution in [-0.2, 0) is 6.42 Å². The van der Waals surface area contributed by atoms with Crippen LogP contribution in [0, 0.1) is 18.6 Å². The van der Waals surface area contributed by atoms with Crippen molar-refractivity contribution in [3.63, 3.8) is 0 Å². The van der Waals surface area contributed by atoms with Crippen LogP contribution < -0.4 is 5.73 Å². The van der Waals surface area contributed by atoms with E-state index in [1.165, 1.54) is 6.07 Å². The van der Waals surface area contributed by atoms with Gasteiger partial charge in [0.1, 0.15) is 0 Å². The topological polar surface area (TPSA) is 26.0 Å². The molecule has 1 nitrogen and oxygen atoms in total. The molecule has 1 aromatic rings. The Morgan fingerprint density at radius 3 is 2.42 bits per heavy atom. The van der Waals surface area contributed by atoms with Gasteiger partial charge in [-0.25, -0.2) is 8.78 Å². The summed E-state index contributed by atoms with van der Waals surface area (Å²) in [6.45, 7) is 3.50. The number of benzene rings is 1. The van der Waals surface area contributed by atoms with Gasteiger partial charge in [0.05, 0.1) is 5.69 Å². The summed E-state index contributed by atoms with van der Waals surface area (Å²) < 4.78 is 25.9. The summed E-state index contributed by atoms with van der Waals surface area (Å²) in [6.07, 6.45) is 0.481. The Labute approximate surface area is 70.2 Å². The van der Waals surface area contributed by atoms with E-state index in [1.807, 2.05) is 0 Å². The minimum atomic E-state index is -0.933. The fourth-order valence-electron chi connectivity index (χ4n) is 1.25. The fourth-order valence-corrected chi connectivity index (χ4v) is 1.25. The highest BCUT2D eigenvalue weighted by Gasteiger charge is 2.12. The fraction of sp³-hybridized carbons (Fsp3) is 0.333. The summed E-state index contributed by atoms with van der Waals surface area (Å²) in [6, 6.07) is 1.46. The van der Waals surface area contributed by atoms with Crippen LogP contribution in [0.3, 0.4) is 0 Å². The summed E-state index contributed by atoms with van der Waals surface area (Å²) >= 11 is 0. The first kappa shape index (κ1) is 8.97. The highest BCUT2D eigenvalue weighted by Crippen LogP contribution is 2.22. The van der Waals surface area contributed by atoms with Crippen molar-refractivity contribution >= 4 is 5.69 Å². The van der Waals surface area contributed by atoms with E-state index in [9.17, 15) is 8.78 Å². The summed E-state index contributed by atoms with van der Waals surface area (Å²) in [4.78, 5) is 0. The largest absolute Gasteiger partial charge is 0.396 e. The summed E-state index contributed by atoms with van der Waals surface area (Å²) in [5.41, 5.74) is 6.21. The van der Waals surface area contributed by atoms with E-state index in [2.05, 4.69) is 0 Å². The number of rotatable bonds is 1. The lowest BCUT2D eigenvalue weighted by Crippen LogP contribution is -2.01. The standard InChI is InChI=1S/C9H11F2N/c1-3-6-5(2)4-7(12)9(11)8(6)10/h4H,3,12H2,1-2H3. The van der Waals surface area contributed by atoms with E-state index < -0.39 is 11.6 Å². The maximum Gasteiger partial charge on any atom is 0.181 e. The van der Waals surface area contributed by atoms with Crippen molar-refractivity contribution in [3.05, 3.63) is 28.8 Å². The molecule has 0 fully saturated rings. The smallest absolute Gasteiger partial charge is 0.181 e. The molecule has 1 rings (SSSR count). The highest BCUT2D eigenvalue weighted by atomic mass is 19.2. The van der Waals surface area contributed by atoms with Gasteiger partial charge in [-0.2, -0.15) is 0 Å². The quantitative estimate of drug-likeness (QED) is 0.645. The molecular weight excluding hydrogens is 160 g/mol. The van der Waals surface area contributed by atoms with Crippen molar-refractivity contribution in [3.8, 4) is 0 Å². The number of anilines is 1. The van der Waals surface area contributed by atoms with E-state index >= 15 is 0 Å². The zero-order chi connectivity index (χ0) is 9.30. The van der Waals surface area contributed by atoms with Gasteiger partial charge in [-0.3, -0.25) is 0 Å². The second kappa shape index (κ2) is 3.09. The monoisotopic (exact) mass is 171 g/mol. The number of hydrogen-bond acceptors (Lipinski definition) is 1. The third kappa shape index (κ3) is 1.26. The molecule has 3 heteroatoms. The van der Waals surface area contributed by atoms with E-state index in [-0.39, 0.29) is 5.69 Å². The molecule has 0 aliphatic rings. The Balaban J connectivity index is 3.40. The molecule has 12 heavy (non-hydrogen) atoms. The zero-order valence-electron chi connectivity index (χ0n) is 7.12. The molecular formula is C9H11F2N. The van der Waals surface area contributed by atoms with Crippen molar-refractivity contribution < 1.29 is 8.78 Å². The van der Waals surface area contributed by atoms with Gasteiger partial charge in [0.25, 0.3) is 0 Å². The van der Waals surface area contributed by atoms with Crippen molar-refractivity contribution in [2.24, 2.45) is 0 Å². The molecule has 0 aromatic heterocycles. The molecule has 0 aliphatic carbocycles. The molecule has 0 bridgehead atoms. The average molecular weight is 171 g/mol. The molecule has 0 heterocycles. The van der Waals surface area contributed by atoms with E-state index in [1.54, 1.807) is 13.8 Å². The Bertz CT molecular complexity index is 308. The first-order valence-corrected chi connectivity index (χ1v) is 3.80. The number of hydrogen-bond donors (Lipinski definition) is 1. The molecule has 0 atom stereocenters. The van der Waals surface area contributed by atoms with E-state index in [0.717, 1.165) is 0 Å². The number of aryl methyl sites for hydroxylation is 1. The number of nitrogen functional groups attached to an aromatic ring is 1. The lowest BCUT2D eigenvalue weighted by Gasteiger charge is -2.07. The molecule has 66 valence electrons. The second-order valence-corrected chi connectivity index (χ2v) is 2.74. The molecule has 2 N–H and O–H groups in total. The Morgan fingerprint density at radius 1 is 1.33 bits per heavy atom. The van der Waals surface area contributed by atoms with Crippen molar-refractivity contribution in [1.29, 1.82) is 0 Å². The third-order valence-corrected chi connectivity index (χ3v) is 1.91. The van der Waals surface area contributed by atoms with Gasteiger partial charge < -0.3 is 5.73 Å². The number of halogens is 2. The van der Waals surface area contributed by atoms with Gasteiger partial charge in [-0.05, 0) is 30.5 Å². The van der Waals surface area contributed by atoms with Crippen LogP contribution >= 0.6 is 0 Å². The van der Waals surface area contributed by atoms with Gasteiger partial charge in [-0.15, -0.1) is 0 Å². The first-order chi connectivity index (χ1) is 5.57. The lowest BCUT2D eigenvalue weighted by atomic mass is 10.0. The highest BCUT2D eigenvalue weighted by molar-refractivity contribution is 5.46. The number of nitrogens with two attached hydrogens (primary N) is 1. The van der Waals surface area contributed by atoms with Gasteiger partial charge in [0.2, 0.25) is 0 Å². The Morgan fingerprint density at radius 2 is 1.92 bits per heavy atom. The van der Waals surface area contributed by atoms with Crippen LogP contribution in [-0.4, -0.2) is 0 Å². The van der Waals surface area contributed by atoms with Crippen molar-refractivity contribution in [2.45, 2.75) is 20.3 Å². The molecule has 0 radical (unpaired) electrons. The minimum Gasteiger partial charge on any atom is -0.396 e. The van der Waals surface area contributed by atoms with Crippen molar-refractivity contribution in [2.75, 3.05) is 5.73 Å². The Hall–Kier alpha value is -1.12. The molecule has 0 saturated heterocycles. The normalized spacial score (nSPS) is 10.3. The van der Waals surface area contributed by atoms with Crippen molar-refractivity contribution in [1.82, 2.24) is 0 Å². The molecule has 0 aliphatic heterocycles. The lowest BCUT2D eigenvalue weighted by molar-refractivity contribution is 0.502. The zero-order valence-corrected chi connectivity index (χ0v) is 7.12. The first-order valence-electron chi connectivity index (χ1n) is 3.80. The van der Waals surface area contributed by atoms with Crippen LogP contribution in [0.1, 0.15) is 18.1 Å². The van der Waals surface area contributed by atoms with Gasteiger partial charge >= 0.3 is 0 Å². The maximum atomic E-state index is 13.1. The minimum absolute atomic E-state index is 0.123. The Kier molecular flexibility index (Phi) is 2.31. The predicted octanol–water partition coefficient (Wildman–Crippen LogP) is 2.42. The summed E-state index contributed by atoms with van der Waals surface area (Å²) in [5, 5.41) is 0. The van der Waals surface area contributed by atoms with E-state index in [4.69, 9.17) is 5.73 Å².